The van der Waals surface area contributed by atoms with Gasteiger partial charge in [-0.25, -0.2) is 0 Å². The monoisotopic (exact) mass is 411 g/mol. The van der Waals surface area contributed by atoms with Crippen LogP contribution in [0.3, 0.4) is 0 Å². The predicted octanol–water partition coefficient (Wildman–Crippen LogP) is 3.16. The smallest absolute Gasteiger partial charge is 0.221 e. The first-order valence-corrected chi connectivity index (χ1v) is 9.00. The van der Waals surface area contributed by atoms with Crippen LogP contribution in [0.15, 0.2) is 29.3 Å². The topological polar surface area (TPSA) is 79.7 Å². The average molecular weight is 412 g/mol. The lowest BCUT2D eigenvalue weighted by atomic mass is 10.2. The van der Waals surface area contributed by atoms with Crippen molar-refractivity contribution >= 4 is 40.8 Å². The van der Waals surface area contributed by atoms with Crippen molar-refractivity contribution in [3.8, 4) is 5.75 Å². The van der Waals surface area contributed by atoms with E-state index in [-0.39, 0.29) is 5.91 Å². The standard InChI is InChI=1S/C18H23Cl2N5O2/c1-11(26)24-15-7-12(5-6-16(15)27-4)9-22-18(21-2)23-10-13-8-14(19)17(20)25(13)3/h5-8H,9-10H2,1-4H3,(H,24,26)(H2,21,22,23). The molecule has 0 radical (unpaired) electrons. The van der Waals surface area contributed by atoms with Crippen molar-refractivity contribution in [1.82, 2.24) is 15.2 Å². The number of anilines is 1. The summed E-state index contributed by atoms with van der Waals surface area (Å²) >= 11 is 12.1. The molecule has 0 spiro atoms. The summed E-state index contributed by atoms with van der Waals surface area (Å²) in [6.07, 6.45) is 0. The second-order valence-electron chi connectivity index (χ2n) is 5.83. The van der Waals surface area contributed by atoms with Crippen LogP contribution < -0.4 is 20.7 Å². The second-order valence-corrected chi connectivity index (χ2v) is 6.59. The molecule has 146 valence electrons. The SMILES string of the molecule is CN=C(NCc1ccc(OC)c(NC(C)=O)c1)NCc1cc(Cl)c(Cl)n1C. The highest BCUT2D eigenvalue weighted by Crippen LogP contribution is 2.26. The number of aliphatic imine (C=N–C) groups is 1. The molecule has 9 heteroatoms. The number of guanidine groups is 1. The van der Waals surface area contributed by atoms with Gasteiger partial charge in [-0.2, -0.15) is 0 Å². The highest BCUT2D eigenvalue weighted by atomic mass is 35.5. The maximum Gasteiger partial charge on any atom is 0.221 e. The molecule has 1 aromatic carbocycles. The molecular formula is C18H23Cl2N5O2. The van der Waals surface area contributed by atoms with E-state index in [1.54, 1.807) is 14.2 Å². The van der Waals surface area contributed by atoms with Crippen LogP contribution in [0.2, 0.25) is 10.2 Å². The summed E-state index contributed by atoms with van der Waals surface area (Å²) in [6, 6.07) is 7.40. The molecule has 0 aliphatic rings. The lowest BCUT2D eigenvalue weighted by molar-refractivity contribution is -0.114. The van der Waals surface area contributed by atoms with E-state index in [1.165, 1.54) is 6.92 Å². The summed E-state index contributed by atoms with van der Waals surface area (Å²) in [6.45, 7) is 2.49. The van der Waals surface area contributed by atoms with Crippen LogP contribution in [0.4, 0.5) is 5.69 Å². The van der Waals surface area contributed by atoms with Gasteiger partial charge in [0.15, 0.2) is 5.96 Å². The predicted molar refractivity (Wildman–Crippen MR) is 110 cm³/mol. The van der Waals surface area contributed by atoms with Crippen molar-refractivity contribution in [2.75, 3.05) is 19.5 Å². The van der Waals surface area contributed by atoms with E-state index in [4.69, 9.17) is 27.9 Å². The molecule has 0 saturated carbocycles. The Balaban J connectivity index is 1.99. The largest absolute Gasteiger partial charge is 0.495 e. The molecule has 2 rings (SSSR count). The third kappa shape index (κ3) is 5.55. The molecule has 0 unspecified atom stereocenters. The van der Waals surface area contributed by atoms with E-state index < -0.39 is 0 Å². The fourth-order valence-corrected chi connectivity index (χ4v) is 2.91. The molecule has 0 fully saturated rings. The van der Waals surface area contributed by atoms with Gasteiger partial charge in [0.25, 0.3) is 0 Å². The van der Waals surface area contributed by atoms with Gasteiger partial charge in [-0.3, -0.25) is 9.79 Å². The van der Waals surface area contributed by atoms with Gasteiger partial charge in [0.1, 0.15) is 10.9 Å². The summed E-state index contributed by atoms with van der Waals surface area (Å²) < 4.78 is 7.08. The summed E-state index contributed by atoms with van der Waals surface area (Å²) in [5.41, 5.74) is 2.53. The fourth-order valence-electron chi connectivity index (χ4n) is 2.49. The van der Waals surface area contributed by atoms with Gasteiger partial charge in [0.05, 0.1) is 24.4 Å². The van der Waals surface area contributed by atoms with Gasteiger partial charge in [-0.15, -0.1) is 0 Å². The zero-order valence-corrected chi connectivity index (χ0v) is 17.2. The van der Waals surface area contributed by atoms with Crippen LogP contribution in [0.1, 0.15) is 18.2 Å². The number of nitrogens with zero attached hydrogens (tertiary/aromatic N) is 2. The van der Waals surface area contributed by atoms with E-state index in [0.29, 0.717) is 40.7 Å². The van der Waals surface area contributed by atoms with Crippen molar-refractivity contribution in [1.29, 1.82) is 0 Å². The molecule has 0 atom stereocenters. The third-order valence-electron chi connectivity index (χ3n) is 3.91. The van der Waals surface area contributed by atoms with Crippen LogP contribution >= 0.6 is 23.2 Å². The van der Waals surface area contributed by atoms with E-state index in [1.807, 2.05) is 35.9 Å². The number of amides is 1. The van der Waals surface area contributed by atoms with Gasteiger partial charge in [-0.05, 0) is 23.8 Å². The maximum atomic E-state index is 11.3. The molecule has 0 aliphatic heterocycles. The minimum atomic E-state index is -0.157. The summed E-state index contributed by atoms with van der Waals surface area (Å²) in [4.78, 5) is 15.6. The zero-order chi connectivity index (χ0) is 20.0. The quantitative estimate of drug-likeness (QED) is 0.503. The Hall–Kier alpha value is -2.38. The molecule has 1 aromatic heterocycles. The molecule has 0 saturated heterocycles. The molecule has 0 bridgehead atoms. The Morgan fingerprint density at radius 2 is 1.93 bits per heavy atom. The third-order valence-corrected chi connectivity index (χ3v) is 4.75. The van der Waals surface area contributed by atoms with Crippen molar-refractivity contribution in [3.05, 3.63) is 45.7 Å². The Morgan fingerprint density at radius 3 is 2.48 bits per heavy atom. The minimum absolute atomic E-state index is 0.157. The van der Waals surface area contributed by atoms with Crippen molar-refractivity contribution in [2.45, 2.75) is 20.0 Å². The highest BCUT2D eigenvalue weighted by Gasteiger charge is 2.10. The molecule has 3 N–H and O–H groups in total. The van der Waals surface area contributed by atoms with E-state index in [2.05, 4.69) is 20.9 Å². The molecule has 1 heterocycles. The van der Waals surface area contributed by atoms with Crippen LogP contribution in [-0.4, -0.2) is 30.6 Å². The lowest BCUT2D eigenvalue weighted by Crippen LogP contribution is -2.36. The van der Waals surface area contributed by atoms with Gasteiger partial charge in [0.2, 0.25) is 5.91 Å². The Kier molecular flexibility index (Phi) is 7.38. The first kappa shape index (κ1) is 20.9. The normalized spacial score (nSPS) is 11.3. The van der Waals surface area contributed by atoms with Gasteiger partial charge >= 0.3 is 0 Å². The molecule has 7 nitrogen and oxygen atoms in total. The number of nitrogens with one attached hydrogen (secondary N) is 3. The van der Waals surface area contributed by atoms with Crippen LogP contribution in [-0.2, 0) is 24.9 Å². The van der Waals surface area contributed by atoms with Gasteiger partial charge < -0.3 is 25.3 Å². The Morgan fingerprint density at radius 1 is 1.22 bits per heavy atom. The number of halogens is 2. The zero-order valence-electron chi connectivity index (χ0n) is 15.7. The van der Waals surface area contributed by atoms with Crippen molar-refractivity contribution in [2.24, 2.45) is 12.0 Å². The summed E-state index contributed by atoms with van der Waals surface area (Å²) in [7, 11) is 5.10. The number of ether oxygens (including phenoxy) is 1. The number of carbonyl (C=O) groups excluding carboxylic acids is 1. The first-order valence-electron chi connectivity index (χ1n) is 8.24. The first-order chi connectivity index (χ1) is 12.8. The minimum Gasteiger partial charge on any atom is -0.495 e. The van der Waals surface area contributed by atoms with E-state index in [9.17, 15) is 4.79 Å². The maximum absolute atomic E-state index is 11.3. The lowest BCUT2D eigenvalue weighted by Gasteiger charge is -2.14. The molecular weight excluding hydrogens is 389 g/mol. The van der Waals surface area contributed by atoms with Crippen LogP contribution in [0, 0.1) is 0 Å². The highest BCUT2D eigenvalue weighted by molar-refractivity contribution is 6.41. The Bertz CT molecular complexity index is 849. The number of carbonyl (C=O) groups is 1. The number of hydrogen-bond acceptors (Lipinski definition) is 3. The number of benzene rings is 1. The number of aromatic nitrogens is 1. The van der Waals surface area contributed by atoms with Crippen LogP contribution in [0.25, 0.3) is 0 Å². The van der Waals surface area contributed by atoms with Crippen molar-refractivity contribution < 1.29 is 9.53 Å². The number of methoxy groups -OCH3 is 1. The van der Waals surface area contributed by atoms with Crippen LogP contribution in [0.5, 0.6) is 5.75 Å². The number of hydrogen-bond donors (Lipinski definition) is 3. The van der Waals surface area contributed by atoms with Gasteiger partial charge in [-0.1, -0.05) is 29.3 Å². The van der Waals surface area contributed by atoms with E-state index >= 15 is 0 Å². The Labute approximate surface area is 168 Å². The molecule has 1 amide bonds. The molecule has 0 aliphatic carbocycles. The molecule has 2 aromatic rings. The summed E-state index contributed by atoms with van der Waals surface area (Å²) in [5, 5.41) is 10.2. The van der Waals surface area contributed by atoms with E-state index in [0.717, 1.165) is 11.3 Å². The fraction of sp³-hybridized carbons (Fsp3) is 0.333. The molecule has 27 heavy (non-hydrogen) atoms. The van der Waals surface area contributed by atoms with Crippen molar-refractivity contribution in [3.63, 3.8) is 0 Å². The average Bonchev–Trinajstić information content (AvgIpc) is 2.88. The second kappa shape index (κ2) is 9.53. The van der Waals surface area contributed by atoms with Gasteiger partial charge in [0, 0.05) is 33.3 Å². The summed E-state index contributed by atoms with van der Waals surface area (Å²) in [5.74, 6) is 1.07. The number of rotatable bonds is 6.